The van der Waals surface area contributed by atoms with Gasteiger partial charge in [0, 0.05) is 6.42 Å². The highest BCUT2D eigenvalue weighted by atomic mass is 19.1. The zero-order valence-electron chi connectivity index (χ0n) is 8.66. The van der Waals surface area contributed by atoms with Crippen LogP contribution >= 0.6 is 0 Å². The molecule has 0 aromatic heterocycles. The summed E-state index contributed by atoms with van der Waals surface area (Å²) in [7, 11) is 1.28. The minimum absolute atomic E-state index is 0.117. The van der Waals surface area contributed by atoms with E-state index in [2.05, 4.69) is 4.74 Å². The van der Waals surface area contributed by atoms with Gasteiger partial charge >= 0.3 is 0 Å². The van der Waals surface area contributed by atoms with E-state index in [0.29, 0.717) is 12.0 Å². The van der Waals surface area contributed by atoms with Crippen LogP contribution < -0.4 is 4.74 Å². The number of methoxy groups -OCH3 is 1. The predicted octanol–water partition coefficient (Wildman–Crippen LogP) is 2.23. The van der Waals surface area contributed by atoms with E-state index in [9.17, 15) is 14.3 Å². The number of aldehydes is 1. The molecule has 1 aromatic carbocycles. The number of benzene rings is 1. The second-order valence-electron chi connectivity index (χ2n) is 3.36. The molecule has 0 saturated carbocycles. The fourth-order valence-electron chi connectivity index (χ4n) is 1.37. The second-order valence-corrected chi connectivity index (χ2v) is 3.36. The smallest absolute Gasteiger partial charge is 0.196 e. The van der Waals surface area contributed by atoms with Crippen molar-refractivity contribution in [2.45, 2.75) is 19.3 Å². The summed E-state index contributed by atoms with van der Waals surface area (Å²) >= 11 is 0. The number of carbonyl (C=O) groups excluding carboxylic acids is 1. The summed E-state index contributed by atoms with van der Waals surface area (Å²) in [6, 6.07) is 2.68. The Morgan fingerprint density at radius 2 is 2.27 bits per heavy atom. The van der Waals surface area contributed by atoms with Crippen LogP contribution in [-0.2, 0) is 4.79 Å². The zero-order valence-corrected chi connectivity index (χ0v) is 8.66. The molecule has 1 N–H and O–H groups in total. The van der Waals surface area contributed by atoms with Crippen molar-refractivity contribution >= 4 is 6.29 Å². The third-order valence-electron chi connectivity index (χ3n) is 2.27. The van der Waals surface area contributed by atoms with E-state index in [1.54, 1.807) is 6.92 Å². The molecule has 0 bridgehead atoms. The minimum Gasteiger partial charge on any atom is -0.504 e. The quantitative estimate of drug-likeness (QED) is 0.778. The molecule has 0 heterocycles. The van der Waals surface area contributed by atoms with Gasteiger partial charge < -0.3 is 14.6 Å². The summed E-state index contributed by atoms with van der Waals surface area (Å²) in [5, 5.41) is 9.44. The second kappa shape index (κ2) is 4.77. The monoisotopic (exact) mass is 212 g/mol. The fraction of sp³-hybridized carbons (Fsp3) is 0.364. The van der Waals surface area contributed by atoms with Crippen LogP contribution in [0.1, 0.15) is 24.8 Å². The maximum atomic E-state index is 13.3. The van der Waals surface area contributed by atoms with Crippen molar-refractivity contribution in [3.05, 3.63) is 23.5 Å². The lowest BCUT2D eigenvalue weighted by Gasteiger charge is -2.11. The number of carbonyl (C=O) groups is 1. The Labute approximate surface area is 87.5 Å². The van der Waals surface area contributed by atoms with E-state index >= 15 is 0 Å². The van der Waals surface area contributed by atoms with Gasteiger partial charge in [-0.1, -0.05) is 6.92 Å². The highest BCUT2D eigenvalue weighted by Gasteiger charge is 2.14. The molecule has 15 heavy (non-hydrogen) atoms. The predicted molar refractivity (Wildman–Crippen MR) is 53.7 cm³/mol. The van der Waals surface area contributed by atoms with Crippen LogP contribution in [0.5, 0.6) is 11.5 Å². The maximum absolute atomic E-state index is 13.3. The summed E-state index contributed by atoms with van der Waals surface area (Å²) in [6.07, 6.45) is 1.06. The van der Waals surface area contributed by atoms with Gasteiger partial charge in [-0.2, -0.15) is 0 Å². The Bertz CT molecular complexity index is 340. The van der Waals surface area contributed by atoms with E-state index in [0.717, 1.165) is 6.29 Å². The molecule has 0 aliphatic rings. The van der Waals surface area contributed by atoms with Crippen molar-refractivity contribution in [3.8, 4) is 11.5 Å². The highest BCUT2D eigenvalue weighted by molar-refractivity contribution is 5.52. The average Bonchev–Trinajstić information content (AvgIpc) is 2.17. The molecule has 0 aliphatic carbocycles. The summed E-state index contributed by atoms with van der Waals surface area (Å²) in [5.41, 5.74) is 0.581. The van der Waals surface area contributed by atoms with Gasteiger partial charge in [-0.15, -0.1) is 0 Å². The van der Waals surface area contributed by atoms with Gasteiger partial charge in [0.15, 0.2) is 17.3 Å². The molecule has 3 nitrogen and oxygen atoms in total. The lowest BCUT2D eigenvalue weighted by molar-refractivity contribution is -0.108. The van der Waals surface area contributed by atoms with Gasteiger partial charge in [0.2, 0.25) is 0 Å². The van der Waals surface area contributed by atoms with Crippen LogP contribution in [0.15, 0.2) is 12.1 Å². The molecule has 0 aliphatic heterocycles. The number of phenols is 1. The molecule has 1 unspecified atom stereocenters. The lowest BCUT2D eigenvalue weighted by Crippen LogP contribution is -1.97. The van der Waals surface area contributed by atoms with Crippen molar-refractivity contribution in [2.24, 2.45) is 0 Å². The van der Waals surface area contributed by atoms with Gasteiger partial charge in [0.25, 0.3) is 0 Å². The molecule has 0 fully saturated rings. The van der Waals surface area contributed by atoms with Crippen LogP contribution in [0, 0.1) is 5.82 Å². The number of hydrogen-bond acceptors (Lipinski definition) is 3. The first kappa shape index (κ1) is 11.5. The van der Waals surface area contributed by atoms with Crippen molar-refractivity contribution in [3.63, 3.8) is 0 Å². The Kier molecular flexibility index (Phi) is 3.66. The third-order valence-corrected chi connectivity index (χ3v) is 2.27. The summed E-state index contributed by atoms with van der Waals surface area (Å²) in [5.74, 6) is -1.15. The topological polar surface area (TPSA) is 46.5 Å². The zero-order chi connectivity index (χ0) is 11.4. The first-order valence-electron chi connectivity index (χ1n) is 4.60. The Hall–Kier alpha value is -1.58. The molecule has 4 heteroatoms. The van der Waals surface area contributed by atoms with Crippen LogP contribution in [0.25, 0.3) is 0 Å². The maximum Gasteiger partial charge on any atom is 0.196 e. The number of phenolic OH excluding ortho intramolecular Hbond substituents is 1. The minimum atomic E-state index is -0.620. The van der Waals surface area contributed by atoms with Crippen molar-refractivity contribution in [1.29, 1.82) is 0 Å². The molecule has 0 saturated heterocycles. The van der Waals surface area contributed by atoms with Crippen LogP contribution in [0.2, 0.25) is 0 Å². The van der Waals surface area contributed by atoms with Crippen molar-refractivity contribution in [2.75, 3.05) is 7.11 Å². The van der Waals surface area contributed by atoms with Crippen molar-refractivity contribution < 1.29 is 19.0 Å². The first-order valence-corrected chi connectivity index (χ1v) is 4.60. The number of hydrogen-bond donors (Lipinski definition) is 1. The molecule has 1 atom stereocenters. The van der Waals surface area contributed by atoms with Crippen LogP contribution in [0.4, 0.5) is 4.39 Å². The molecular weight excluding hydrogens is 199 g/mol. The number of halogens is 1. The lowest BCUT2D eigenvalue weighted by atomic mass is 9.98. The van der Waals surface area contributed by atoms with Gasteiger partial charge in [0.05, 0.1) is 7.11 Å². The number of rotatable bonds is 4. The van der Waals surface area contributed by atoms with Gasteiger partial charge in [-0.25, -0.2) is 4.39 Å². The van der Waals surface area contributed by atoms with E-state index in [1.165, 1.54) is 19.2 Å². The summed E-state index contributed by atoms with van der Waals surface area (Å²) in [6.45, 7) is 1.79. The van der Waals surface area contributed by atoms with Crippen LogP contribution in [0.3, 0.4) is 0 Å². The SMILES string of the molecule is COc1c(O)cc(C(C)CC=O)cc1F. The molecule has 1 aromatic rings. The average molecular weight is 212 g/mol. The normalized spacial score (nSPS) is 12.2. The van der Waals surface area contributed by atoms with Gasteiger partial charge in [-0.05, 0) is 23.6 Å². The highest BCUT2D eigenvalue weighted by Crippen LogP contribution is 2.33. The molecule has 0 spiro atoms. The van der Waals surface area contributed by atoms with E-state index in [4.69, 9.17) is 0 Å². The van der Waals surface area contributed by atoms with Crippen LogP contribution in [-0.4, -0.2) is 18.5 Å². The van der Waals surface area contributed by atoms with Gasteiger partial charge in [-0.3, -0.25) is 0 Å². The summed E-state index contributed by atoms with van der Waals surface area (Å²) in [4.78, 5) is 10.3. The molecule has 0 amide bonds. The van der Waals surface area contributed by atoms with Crippen molar-refractivity contribution in [1.82, 2.24) is 0 Å². The van der Waals surface area contributed by atoms with E-state index < -0.39 is 5.82 Å². The standard InChI is InChI=1S/C11H13FO3/c1-7(3-4-13)8-5-9(12)11(15-2)10(14)6-8/h4-7,14H,3H2,1-2H3. The Balaban J connectivity index is 3.07. The molecule has 0 radical (unpaired) electrons. The third kappa shape index (κ3) is 2.46. The number of aromatic hydroxyl groups is 1. The fourth-order valence-corrected chi connectivity index (χ4v) is 1.37. The van der Waals surface area contributed by atoms with E-state index in [-0.39, 0.29) is 17.4 Å². The van der Waals surface area contributed by atoms with Gasteiger partial charge in [0.1, 0.15) is 6.29 Å². The first-order chi connectivity index (χ1) is 7.10. The summed E-state index contributed by atoms with van der Waals surface area (Å²) < 4.78 is 18.0. The molecular formula is C11H13FO3. The molecule has 1 rings (SSSR count). The Morgan fingerprint density at radius 1 is 1.60 bits per heavy atom. The Morgan fingerprint density at radius 3 is 2.73 bits per heavy atom. The molecule has 82 valence electrons. The van der Waals surface area contributed by atoms with E-state index in [1.807, 2.05) is 0 Å². The largest absolute Gasteiger partial charge is 0.504 e. The number of ether oxygens (including phenoxy) is 1.